The number of carbonyl (C=O) groups is 4. The van der Waals surface area contributed by atoms with Crippen LogP contribution in [-0.2, 0) is 22.4 Å². The molecule has 3 amide bonds. The van der Waals surface area contributed by atoms with Gasteiger partial charge in [-0.15, -0.1) is 12.4 Å². The number of benzene rings is 4. The van der Waals surface area contributed by atoms with Crippen LogP contribution in [0.4, 0.5) is 28.9 Å². The number of nitrogens with two attached hydrogens (primary N) is 1. The van der Waals surface area contributed by atoms with Crippen molar-refractivity contribution in [2.24, 2.45) is 5.73 Å². The second kappa shape index (κ2) is 19.5. The average Bonchev–Trinajstić information content (AvgIpc) is 3.73. The summed E-state index contributed by atoms with van der Waals surface area (Å²) in [7, 11) is 0. The summed E-state index contributed by atoms with van der Waals surface area (Å²) in [5, 5.41) is 31.4. The van der Waals surface area contributed by atoms with E-state index in [1.807, 2.05) is 0 Å². The first-order valence-electron chi connectivity index (χ1n) is 15.8. The lowest BCUT2D eigenvalue weighted by molar-refractivity contribution is -0.140. The summed E-state index contributed by atoms with van der Waals surface area (Å²) < 4.78 is 54.4. The Morgan fingerprint density at radius 1 is 0.685 bits per heavy atom. The first-order chi connectivity index (χ1) is 25.1. The predicted octanol–water partition coefficient (Wildman–Crippen LogP) is 6.27. The fourth-order valence-corrected chi connectivity index (χ4v) is 6.18. The standard InChI is InChI=1S/C18H15ClF2N2O3.C16H13ClF2N2O.C2H4O3.ClH/c19-12-7-9(1-4-13(12)20)22-18(26)11-2-5-14(21)17-10(11)3-6-15(17)23-16(25)8-24;17-11-7-8(1-4-12(11)18)21-16(22)10-2-5-13(19)15-9(10)3-6-14(15)20;3-1-2(4)5;/h1-2,4-5,7,15,24H,3,6,8H2,(H,22,26)(H,23,25);1-2,4-5,7,14H,3,6,20H2,(H,21,22);3H,1H2,(H,4,5);1H/t15-;14-;;/m00../s1. The molecule has 288 valence electrons. The van der Waals surface area contributed by atoms with E-state index in [1.165, 1.54) is 48.5 Å². The molecule has 2 atom stereocenters. The Hall–Kier alpha value is -4.77. The van der Waals surface area contributed by atoms with Crippen LogP contribution in [0.3, 0.4) is 0 Å². The van der Waals surface area contributed by atoms with Gasteiger partial charge in [-0.1, -0.05) is 23.2 Å². The maximum atomic E-state index is 14.3. The largest absolute Gasteiger partial charge is 0.480 e. The number of aliphatic carboxylic acids is 1. The van der Waals surface area contributed by atoms with Gasteiger partial charge < -0.3 is 37.0 Å². The minimum atomic E-state index is -1.19. The van der Waals surface area contributed by atoms with E-state index in [9.17, 15) is 31.9 Å². The van der Waals surface area contributed by atoms with Gasteiger partial charge >= 0.3 is 5.97 Å². The van der Waals surface area contributed by atoms with E-state index >= 15 is 0 Å². The molecule has 0 heterocycles. The van der Waals surface area contributed by atoms with Crippen LogP contribution in [0.1, 0.15) is 67.9 Å². The van der Waals surface area contributed by atoms with Gasteiger partial charge in [-0.2, -0.15) is 0 Å². The molecule has 54 heavy (non-hydrogen) atoms. The third-order valence-corrected chi connectivity index (χ3v) is 8.75. The van der Waals surface area contributed by atoms with Crippen molar-refractivity contribution in [1.29, 1.82) is 0 Å². The van der Waals surface area contributed by atoms with Gasteiger partial charge in [0, 0.05) is 39.7 Å². The molecule has 0 aliphatic heterocycles. The molecule has 0 unspecified atom stereocenters. The zero-order valence-corrected chi connectivity index (χ0v) is 30.2. The second-order valence-corrected chi connectivity index (χ2v) is 12.5. The molecule has 4 aromatic rings. The van der Waals surface area contributed by atoms with Crippen molar-refractivity contribution in [3.05, 3.63) is 127 Å². The number of halogens is 7. The highest BCUT2D eigenvalue weighted by atomic mass is 35.5. The van der Waals surface area contributed by atoms with Crippen LogP contribution in [0.25, 0.3) is 0 Å². The average molecular weight is 816 g/mol. The summed E-state index contributed by atoms with van der Waals surface area (Å²) in [6, 6.07) is 11.9. The number of nitrogens with one attached hydrogen (secondary N) is 3. The topological polar surface area (TPSA) is 191 Å². The van der Waals surface area contributed by atoms with Crippen LogP contribution in [0.2, 0.25) is 10.0 Å². The maximum Gasteiger partial charge on any atom is 0.329 e. The van der Waals surface area contributed by atoms with Gasteiger partial charge in [-0.25, -0.2) is 22.4 Å². The Labute approximate surface area is 321 Å². The third kappa shape index (κ3) is 10.7. The molecule has 0 bridgehead atoms. The van der Waals surface area contributed by atoms with E-state index in [0.29, 0.717) is 59.3 Å². The quantitative estimate of drug-likeness (QED) is 0.106. The Morgan fingerprint density at radius 2 is 1.11 bits per heavy atom. The molecule has 6 rings (SSSR count). The summed E-state index contributed by atoms with van der Waals surface area (Å²) in [6.45, 7) is -1.47. The predicted molar refractivity (Wildman–Crippen MR) is 195 cm³/mol. The van der Waals surface area contributed by atoms with Gasteiger partial charge in [0.05, 0.1) is 16.1 Å². The van der Waals surface area contributed by atoms with Crippen molar-refractivity contribution in [2.45, 2.75) is 37.8 Å². The van der Waals surface area contributed by atoms with Gasteiger partial charge in [0.2, 0.25) is 5.91 Å². The fraction of sp³-hybridized carbons (Fsp3) is 0.222. The summed E-state index contributed by atoms with van der Waals surface area (Å²) in [4.78, 5) is 45.5. The molecule has 0 saturated heterocycles. The summed E-state index contributed by atoms with van der Waals surface area (Å²) >= 11 is 11.4. The Balaban J connectivity index is 0.000000256. The highest BCUT2D eigenvalue weighted by Crippen LogP contribution is 2.36. The molecule has 0 saturated carbocycles. The highest BCUT2D eigenvalue weighted by Gasteiger charge is 2.31. The number of carboxylic acids is 1. The lowest BCUT2D eigenvalue weighted by Crippen LogP contribution is -2.30. The number of fused-ring (bicyclic) bond motifs is 2. The van der Waals surface area contributed by atoms with Gasteiger partial charge in [0.25, 0.3) is 11.8 Å². The van der Waals surface area contributed by atoms with Gasteiger partial charge in [0.1, 0.15) is 36.5 Å². The smallest absolute Gasteiger partial charge is 0.329 e. The van der Waals surface area contributed by atoms with Gasteiger partial charge in [-0.05, 0) is 97.5 Å². The van der Waals surface area contributed by atoms with Gasteiger partial charge in [0.15, 0.2) is 0 Å². The summed E-state index contributed by atoms with van der Waals surface area (Å²) in [5.41, 5.74) is 8.99. The number of carboxylic acid groups (broad SMARTS) is 1. The van der Waals surface area contributed by atoms with Crippen molar-refractivity contribution in [3.8, 4) is 0 Å². The zero-order valence-electron chi connectivity index (χ0n) is 27.9. The molecule has 4 aromatic carbocycles. The maximum absolute atomic E-state index is 14.3. The van der Waals surface area contributed by atoms with E-state index in [4.69, 9.17) is 49.0 Å². The first-order valence-corrected chi connectivity index (χ1v) is 16.5. The van der Waals surface area contributed by atoms with Crippen molar-refractivity contribution in [2.75, 3.05) is 23.8 Å². The Bertz CT molecular complexity index is 2060. The summed E-state index contributed by atoms with van der Waals surface area (Å²) in [5.74, 6) is -4.76. The Kier molecular flexibility index (Phi) is 15.8. The highest BCUT2D eigenvalue weighted by molar-refractivity contribution is 6.31. The van der Waals surface area contributed by atoms with Crippen molar-refractivity contribution in [1.82, 2.24) is 5.32 Å². The normalized spacial score (nSPS) is 14.8. The summed E-state index contributed by atoms with van der Waals surface area (Å²) in [6.07, 6.45) is 1.99. The minimum absolute atomic E-state index is 0. The lowest BCUT2D eigenvalue weighted by atomic mass is 10.0. The third-order valence-electron chi connectivity index (χ3n) is 8.17. The molecule has 8 N–H and O–H groups in total. The van der Waals surface area contributed by atoms with E-state index in [2.05, 4.69) is 16.0 Å². The number of aliphatic hydroxyl groups is 2. The lowest BCUT2D eigenvalue weighted by Gasteiger charge is -2.15. The number of hydrogen-bond donors (Lipinski definition) is 7. The van der Waals surface area contributed by atoms with Crippen LogP contribution in [0, 0.1) is 23.3 Å². The molecule has 18 heteroatoms. The van der Waals surface area contributed by atoms with E-state index in [0.717, 1.165) is 12.1 Å². The number of hydrogen-bond acceptors (Lipinski definition) is 7. The van der Waals surface area contributed by atoms with Crippen molar-refractivity contribution < 1.29 is 52.1 Å². The molecule has 2 aliphatic rings. The molecule has 0 spiro atoms. The molecular weight excluding hydrogens is 783 g/mol. The van der Waals surface area contributed by atoms with Crippen molar-refractivity contribution in [3.63, 3.8) is 0 Å². The van der Waals surface area contributed by atoms with Crippen LogP contribution >= 0.6 is 35.6 Å². The fourth-order valence-electron chi connectivity index (χ4n) is 5.82. The molecule has 0 radical (unpaired) electrons. The number of carbonyl (C=O) groups excluding carboxylic acids is 3. The zero-order chi connectivity index (χ0) is 39.0. The van der Waals surface area contributed by atoms with E-state index < -0.39 is 60.4 Å². The van der Waals surface area contributed by atoms with E-state index in [-0.39, 0.29) is 45.4 Å². The first kappa shape index (κ1) is 43.6. The molecule has 0 fully saturated rings. The number of aliphatic hydroxyl groups excluding tert-OH is 2. The Morgan fingerprint density at radius 3 is 1.56 bits per heavy atom. The van der Waals surface area contributed by atoms with Crippen LogP contribution < -0.4 is 21.7 Å². The SMILES string of the molecule is Cl.N[C@H]1CCc2c(C(=O)Nc3ccc(F)c(Cl)c3)ccc(F)c21.O=C(CO)N[C@H]1CCc2c(C(=O)Nc3ccc(F)c(Cl)c3)ccc(F)c21.O=C(O)CO. The molecule has 11 nitrogen and oxygen atoms in total. The van der Waals surface area contributed by atoms with E-state index in [1.54, 1.807) is 0 Å². The van der Waals surface area contributed by atoms with Crippen molar-refractivity contribution >= 4 is 70.7 Å². The van der Waals surface area contributed by atoms with Crippen LogP contribution in [0.15, 0.2) is 60.7 Å². The monoisotopic (exact) mass is 814 g/mol. The van der Waals surface area contributed by atoms with Crippen LogP contribution in [-0.4, -0.2) is 52.2 Å². The molecule has 2 aliphatic carbocycles. The molecule has 0 aromatic heterocycles. The minimum Gasteiger partial charge on any atom is -0.480 e. The van der Waals surface area contributed by atoms with Crippen LogP contribution in [0.5, 0.6) is 0 Å². The number of rotatable bonds is 7. The second-order valence-electron chi connectivity index (χ2n) is 11.7. The number of amides is 3. The number of anilines is 2. The van der Waals surface area contributed by atoms with Gasteiger partial charge in [-0.3, -0.25) is 14.4 Å². The molecular formula is C36H33Cl3F4N4O7.